The zero-order chi connectivity index (χ0) is 26.6. The summed E-state index contributed by atoms with van der Waals surface area (Å²) < 4.78 is 0. The van der Waals surface area contributed by atoms with Gasteiger partial charge in [0.25, 0.3) is 0 Å². The molecule has 0 atom stereocenters. The van der Waals surface area contributed by atoms with Gasteiger partial charge in [-0.2, -0.15) is 0 Å². The van der Waals surface area contributed by atoms with Crippen LogP contribution in [0.2, 0.25) is 0 Å². The Morgan fingerprint density at radius 3 is 1.42 bits per heavy atom. The average molecular weight is 506 g/mol. The number of nitrogens with two attached hydrogens (primary N) is 1. The van der Waals surface area contributed by atoms with E-state index in [2.05, 4.69) is 53.8 Å². The highest BCUT2D eigenvalue weighted by molar-refractivity contribution is 5.84. The van der Waals surface area contributed by atoms with E-state index in [-0.39, 0.29) is 30.7 Å². The van der Waals surface area contributed by atoms with Crippen molar-refractivity contribution in [3.05, 3.63) is 144 Å². The molecule has 0 bridgehead atoms. The van der Waals surface area contributed by atoms with Crippen molar-refractivity contribution < 1.29 is 9.59 Å². The molecular formula is C33H35N3O2. The Labute approximate surface area is 225 Å². The summed E-state index contributed by atoms with van der Waals surface area (Å²) >= 11 is 0. The van der Waals surface area contributed by atoms with Gasteiger partial charge in [-0.1, -0.05) is 121 Å². The molecule has 0 unspecified atom stereocenters. The van der Waals surface area contributed by atoms with Gasteiger partial charge < -0.3 is 16.0 Å². The van der Waals surface area contributed by atoms with Crippen LogP contribution in [0.1, 0.15) is 40.5 Å². The number of hydrogen-bond donors (Lipinski definition) is 2. The van der Waals surface area contributed by atoms with Crippen molar-refractivity contribution in [3.63, 3.8) is 0 Å². The SMILES string of the molecule is NC(=O)CN(CC(c1ccccc1)c1ccccc1)C(=O)CCNCC(c1ccccc1)c1ccccc1. The second-order valence-corrected chi connectivity index (χ2v) is 9.44. The van der Waals surface area contributed by atoms with Crippen molar-refractivity contribution in [2.45, 2.75) is 18.3 Å². The lowest BCUT2D eigenvalue weighted by Gasteiger charge is -2.28. The molecule has 0 aliphatic heterocycles. The van der Waals surface area contributed by atoms with Gasteiger partial charge in [-0.25, -0.2) is 0 Å². The normalized spacial score (nSPS) is 11.0. The maximum absolute atomic E-state index is 13.3. The maximum Gasteiger partial charge on any atom is 0.237 e. The van der Waals surface area contributed by atoms with E-state index in [9.17, 15) is 9.59 Å². The third-order valence-electron chi connectivity index (χ3n) is 6.77. The molecule has 0 saturated heterocycles. The summed E-state index contributed by atoms with van der Waals surface area (Å²) in [6.07, 6.45) is 0.278. The van der Waals surface area contributed by atoms with E-state index in [4.69, 9.17) is 5.73 Å². The van der Waals surface area contributed by atoms with Gasteiger partial charge >= 0.3 is 0 Å². The highest BCUT2D eigenvalue weighted by atomic mass is 16.2. The molecule has 2 amide bonds. The molecule has 38 heavy (non-hydrogen) atoms. The summed E-state index contributed by atoms with van der Waals surface area (Å²) in [5.74, 6) is -0.493. The van der Waals surface area contributed by atoms with E-state index in [1.165, 1.54) is 11.1 Å². The van der Waals surface area contributed by atoms with Crippen molar-refractivity contribution in [2.75, 3.05) is 26.2 Å². The minimum Gasteiger partial charge on any atom is -0.368 e. The van der Waals surface area contributed by atoms with Gasteiger partial charge in [0.2, 0.25) is 11.8 Å². The molecule has 0 aliphatic carbocycles. The Bertz CT molecular complexity index is 1190. The molecule has 4 rings (SSSR count). The van der Waals surface area contributed by atoms with Crippen LogP contribution in [0.4, 0.5) is 0 Å². The van der Waals surface area contributed by atoms with Crippen LogP contribution in [-0.4, -0.2) is 42.9 Å². The predicted octanol–water partition coefficient (Wildman–Crippen LogP) is 4.94. The fraction of sp³-hybridized carbons (Fsp3) is 0.212. The van der Waals surface area contributed by atoms with Crippen LogP contribution in [0.25, 0.3) is 0 Å². The third kappa shape index (κ3) is 7.64. The summed E-state index contributed by atoms with van der Waals surface area (Å²) in [6, 6.07) is 40.9. The largest absolute Gasteiger partial charge is 0.368 e. The van der Waals surface area contributed by atoms with Gasteiger partial charge in [-0.05, 0) is 22.3 Å². The lowest BCUT2D eigenvalue weighted by atomic mass is 9.90. The number of carbonyl (C=O) groups is 2. The predicted molar refractivity (Wildman–Crippen MR) is 153 cm³/mol. The zero-order valence-electron chi connectivity index (χ0n) is 21.6. The van der Waals surface area contributed by atoms with Crippen LogP contribution >= 0.6 is 0 Å². The van der Waals surface area contributed by atoms with Crippen LogP contribution in [0.5, 0.6) is 0 Å². The molecule has 0 heterocycles. The minimum atomic E-state index is -0.514. The molecule has 194 valence electrons. The van der Waals surface area contributed by atoms with E-state index < -0.39 is 5.91 Å². The molecule has 0 fully saturated rings. The Kier molecular flexibility index (Phi) is 9.82. The van der Waals surface area contributed by atoms with E-state index in [1.54, 1.807) is 4.90 Å². The third-order valence-corrected chi connectivity index (χ3v) is 6.77. The number of benzene rings is 4. The number of nitrogens with one attached hydrogen (secondary N) is 1. The number of hydrogen-bond acceptors (Lipinski definition) is 3. The van der Waals surface area contributed by atoms with E-state index in [1.807, 2.05) is 72.8 Å². The first kappa shape index (κ1) is 26.8. The Hall–Kier alpha value is -4.22. The van der Waals surface area contributed by atoms with Gasteiger partial charge in [0.05, 0.1) is 6.54 Å². The number of amides is 2. The first-order valence-electron chi connectivity index (χ1n) is 13.1. The average Bonchev–Trinajstić information content (AvgIpc) is 2.96. The van der Waals surface area contributed by atoms with Gasteiger partial charge in [-0.3, -0.25) is 9.59 Å². The quantitative estimate of drug-likeness (QED) is 0.253. The van der Waals surface area contributed by atoms with Crippen molar-refractivity contribution in [1.82, 2.24) is 10.2 Å². The van der Waals surface area contributed by atoms with Crippen molar-refractivity contribution in [1.29, 1.82) is 0 Å². The molecule has 0 aromatic heterocycles. The fourth-order valence-corrected chi connectivity index (χ4v) is 4.84. The number of rotatable bonds is 13. The molecular weight excluding hydrogens is 470 g/mol. The van der Waals surface area contributed by atoms with E-state index in [0.717, 1.165) is 11.1 Å². The van der Waals surface area contributed by atoms with Gasteiger partial charge in [0, 0.05) is 37.9 Å². The van der Waals surface area contributed by atoms with Gasteiger partial charge in [0.15, 0.2) is 0 Å². The molecule has 4 aromatic rings. The molecule has 0 radical (unpaired) electrons. The summed E-state index contributed by atoms with van der Waals surface area (Å²) in [5.41, 5.74) is 10.2. The van der Waals surface area contributed by atoms with Gasteiger partial charge in [-0.15, -0.1) is 0 Å². The molecule has 5 heteroatoms. The molecule has 3 N–H and O–H groups in total. The highest BCUT2D eigenvalue weighted by Crippen LogP contribution is 2.26. The summed E-state index contributed by atoms with van der Waals surface area (Å²) in [4.78, 5) is 26.9. The van der Waals surface area contributed by atoms with Crippen LogP contribution in [-0.2, 0) is 9.59 Å². The second kappa shape index (κ2) is 13.9. The molecule has 0 spiro atoms. The van der Waals surface area contributed by atoms with Crippen LogP contribution in [0, 0.1) is 0 Å². The minimum absolute atomic E-state index is 0.0609. The topological polar surface area (TPSA) is 75.4 Å². The van der Waals surface area contributed by atoms with Crippen LogP contribution in [0.3, 0.4) is 0 Å². The first-order chi connectivity index (χ1) is 18.6. The molecule has 4 aromatic carbocycles. The van der Waals surface area contributed by atoms with E-state index in [0.29, 0.717) is 19.6 Å². The summed E-state index contributed by atoms with van der Waals surface area (Å²) in [7, 11) is 0. The lowest BCUT2D eigenvalue weighted by molar-refractivity contribution is -0.135. The highest BCUT2D eigenvalue weighted by Gasteiger charge is 2.23. The maximum atomic E-state index is 13.3. The monoisotopic (exact) mass is 505 g/mol. The zero-order valence-corrected chi connectivity index (χ0v) is 21.6. The smallest absolute Gasteiger partial charge is 0.237 e. The van der Waals surface area contributed by atoms with Gasteiger partial charge in [0.1, 0.15) is 0 Å². The standard InChI is InChI=1S/C33H35N3O2/c34-32(37)25-36(24-31(28-17-9-3-10-18-28)29-19-11-4-12-20-29)33(38)21-22-35-23-30(26-13-5-1-6-14-26)27-15-7-2-8-16-27/h1-20,30-31,35H,21-25H2,(H2,34,37). The molecule has 0 aliphatic rings. The fourth-order valence-electron chi connectivity index (χ4n) is 4.84. The lowest BCUT2D eigenvalue weighted by Crippen LogP contribution is -2.42. The number of carbonyl (C=O) groups excluding carboxylic acids is 2. The first-order valence-corrected chi connectivity index (χ1v) is 13.1. The Morgan fingerprint density at radius 2 is 1.03 bits per heavy atom. The Morgan fingerprint density at radius 1 is 0.632 bits per heavy atom. The second-order valence-electron chi connectivity index (χ2n) is 9.44. The van der Waals surface area contributed by atoms with Crippen LogP contribution < -0.4 is 11.1 Å². The van der Waals surface area contributed by atoms with Crippen LogP contribution in [0.15, 0.2) is 121 Å². The molecule has 5 nitrogen and oxygen atoms in total. The number of primary amides is 1. The summed E-state index contributed by atoms with van der Waals surface area (Å²) in [5, 5.41) is 3.47. The number of nitrogens with zero attached hydrogens (tertiary/aromatic N) is 1. The van der Waals surface area contributed by atoms with Crippen molar-refractivity contribution in [3.8, 4) is 0 Å². The van der Waals surface area contributed by atoms with Crippen molar-refractivity contribution >= 4 is 11.8 Å². The van der Waals surface area contributed by atoms with E-state index >= 15 is 0 Å². The van der Waals surface area contributed by atoms with Crippen molar-refractivity contribution in [2.24, 2.45) is 5.73 Å². The molecule has 0 saturated carbocycles. The summed E-state index contributed by atoms with van der Waals surface area (Å²) in [6.45, 7) is 1.48. The Balaban J connectivity index is 1.42.